The molecule has 106 valence electrons. The number of rotatable bonds is 3. The van der Waals surface area contributed by atoms with Crippen LogP contribution < -0.4 is 10.9 Å². The van der Waals surface area contributed by atoms with E-state index in [0.29, 0.717) is 11.0 Å². The Balaban J connectivity index is 1.87. The van der Waals surface area contributed by atoms with Crippen molar-refractivity contribution in [2.24, 2.45) is 0 Å². The molecule has 0 aromatic carbocycles. The Kier molecular flexibility index (Phi) is 3.91. The molecule has 5 nitrogen and oxygen atoms in total. The van der Waals surface area contributed by atoms with Gasteiger partial charge >= 0.3 is 0 Å². The number of likely N-dealkylation sites (N-methyl/N-ethyl adjacent to an activating group) is 1. The van der Waals surface area contributed by atoms with Crippen LogP contribution in [0.25, 0.3) is 0 Å². The van der Waals surface area contributed by atoms with Crippen molar-refractivity contribution in [1.82, 2.24) is 14.9 Å². The highest BCUT2D eigenvalue weighted by Gasteiger charge is 2.18. The molecular formula is C13H15BrN4OS. The van der Waals surface area contributed by atoms with Crippen molar-refractivity contribution in [3.05, 3.63) is 38.8 Å². The fraction of sp³-hybridized carbons (Fsp3) is 0.385. The maximum atomic E-state index is 11.8. The molecule has 7 heteroatoms. The monoisotopic (exact) mass is 354 g/mol. The Morgan fingerprint density at radius 3 is 3.25 bits per heavy atom. The molecule has 0 amide bonds. The number of nitrogens with zero attached hydrogens (tertiary/aromatic N) is 2. The predicted molar refractivity (Wildman–Crippen MR) is 85.1 cm³/mol. The molecule has 0 spiro atoms. The first kappa shape index (κ1) is 13.8. The molecule has 2 aromatic heterocycles. The molecule has 0 aliphatic carbocycles. The van der Waals surface area contributed by atoms with Crippen molar-refractivity contribution in [3.8, 4) is 0 Å². The number of nitrogens with one attached hydrogen (secondary N) is 2. The van der Waals surface area contributed by atoms with E-state index in [1.54, 1.807) is 17.5 Å². The lowest BCUT2D eigenvalue weighted by Crippen LogP contribution is -2.25. The van der Waals surface area contributed by atoms with Gasteiger partial charge in [-0.2, -0.15) is 0 Å². The van der Waals surface area contributed by atoms with E-state index in [1.807, 2.05) is 6.07 Å². The number of alkyl halides is 1. The molecule has 0 radical (unpaired) electrons. The Labute approximate surface area is 129 Å². The summed E-state index contributed by atoms with van der Waals surface area (Å²) in [6.07, 6.45) is 2.69. The molecule has 0 saturated carbocycles. The zero-order valence-corrected chi connectivity index (χ0v) is 13.5. The van der Waals surface area contributed by atoms with Crippen LogP contribution in [0.2, 0.25) is 0 Å². The second-order valence-corrected chi connectivity index (χ2v) is 6.53. The first-order chi connectivity index (χ1) is 9.65. The number of pyridine rings is 1. The number of aromatic nitrogens is 2. The highest BCUT2D eigenvalue weighted by molar-refractivity contribution is 9.08. The van der Waals surface area contributed by atoms with Crippen LogP contribution in [0.15, 0.2) is 17.1 Å². The van der Waals surface area contributed by atoms with Crippen molar-refractivity contribution < 1.29 is 0 Å². The Morgan fingerprint density at radius 1 is 1.60 bits per heavy atom. The maximum Gasteiger partial charge on any atom is 0.271 e. The van der Waals surface area contributed by atoms with Crippen molar-refractivity contribution in [1.29, 1.82) is 0 Å². The standard InChI is InChI=1S/C13H15BrN4OS/c1-18-3-2-9-11(7-18)20-13(16-9)17-10-4-8(5-14)6-15-12(10)19/h4,6H,2-3,5,7H2,1H3,(H,15,19)(H,16,17). The number of hydrogen-bond acceptors (Lipinski definition) is 5. The summed E-state index contributed by atoms with van der Waals surface area (Å²) in [5, 5.41) is 4.64. The third-order valence-electron chi connectivity index (χ3n) is 3.28. The van der Waals surface area contributed by atoms with E-state index >= 15 is 0 Å². The number of halogens is 1. The first-order valence-corrected chi connectivity index (χ1v) is 8.31. The number of anilines is 2. The van der Waals surface area contributed by atoms with Crippen LogP contribution in [0, 0.1) is 0 Å². The van der Waals surface area contributed by atoms with Gasteiger partial charge in [0.15, 0.2) is 5.13 Å². The highest BCUT2D eigenvalue weighted by atomic mass is 79.9. The largest absolute Gasteiger partial charge is 0.327 e. The molecule has 1 aliphatic heterocycles. The molecule has 0 saturated heterocycles. The average Bonchev–Trinajstić information content (AvgIpc) is 2.82. The van der Waals surface area contributed by atoms with Gasteiger partial charge in [0.2, 0.25) is 0 Å². The summed E-state index contributed by atoms with van der Waals surface area (Å²) in [7, 11) is 2.11. The normalized spacial score (nSPS) is 15.1. The topological polar surface area (TPSA) is 61.0 Å². The minimum absolute atomic E-state index is 0.125. The summed E-state index contributed by atoms with van der Waals surface area (Å²) in [6, 6.07) is 1.85. The molecule has 3 rings (SSSR count). The lowest BCUT2D eigenvalue weighted by molar-refractivity contribution is 0.314. The van der Waals surface area contributed by atoms with E-state index in [1.165, 1.54) is 4.88 Å². The quantitative estimate of drug-likeness (QED) is 0.831. The average molecular weight is 355 g/mol. The minimum Gasteiger partial charge on any atom is -0.327 e. The van der Waals surface area contributed by atoms with Crippen LogP contribution >= 0.6 is 27.3 Å². The fourth-order valence-corrected chi connectivity index (χ4v) is 3.61. The van der Waals surface area contributed by atoms with E-state index in [2.05, 4.69) is 43.2 Å². The van der Waals surface area contributed by atoms with Gasteiger partial charge in [0.05, 0.1) is 5.69 Å². The van der Waals surface area contributed by atoms with Crippen LogP contribution in [-0.2, 0) is 18.3 Å². The van der Waals surface area contributed by atoms with E-state index in [0.717, 1.165) is 35.9 Å². The number of hydrogen-bond donors (Lipinski definition) is 2. The van der Waals surface area contributed by atoms with Gasteiger partial charge in [-0.3, -0.25) is 4.79 Å². The van der Waals surface area contributed by atoms with E-state index < -0.39 is 0 Å². The number of aromatic amines is 1. The molecule has 0 unspecified atom stereocenters. The van der Waals surface area contributed by atoms with Crippen LogP contribution in [0.5, 0.6) is 0 Å². The van der Waals surface area contributed by atoms with Gasteiger partial charge in [-0.05, 0) is 18.7 Å². The minimum atomic E-state index is -0.125. The molecule has 2 N–H and O–H groups in total. The molecule has 1 aliphatic rings. The van der Waals surface area contributed by atoms with Gasteiger partial charge in [-0.15, -0.1) is 11.3 Å². The highest BCUT2D eigenvalue weighted by Crippen LogP contribution is 2.29. The van der Waals surface area contributed by atoms with Gasteiger partial charge in [0, 0.05) is 35.9 Å². The molecule has 2 aromatic rings. The second-order valence-electron chi connectivity index (χ2n) is 4.89. The fourth-order valence-electron chi connectivity index (χ4n) is 2.19. The Morgan fingerprint density at radius 2 is 2.45 bits per heavy atom. The van der Waals surface area contributed by atoms with E-state index in [-0.39, 0.29) is 5.56 Å². The maximum absolute atomic E-state index is 11.8. The first-order valence-electron chi connectivity index (χ1n) is 6.37. The van der Waals surface area contributed by atoms with Gasteiger partial charge in [-0.1, -0.05) is 15.9 Å². The van der Waals surface area contributed by atoms with Crippen LogP contribution in [0.4, 0.5) is 10.8 Å². The van der Waals surface area contributed by atoms with Gasteiger partial charge in [-0.25, -0.2) is 4.98 Å². The SMILES string of the molecule is CN1CCc2nc(Nc3cc(CBr)c[nH]c3=O)sc2C1. The van der Waals surface area contributed by atoms with Crippen molar-refractivity contribution in [2.45, 2.75) is 18.3 Å². The van der Waals surface area contributed by atoms with E-state index in [9.17, 15) is 4.79 Å². The van der Waals surface area contributed by atoms with Crippen molar-refractivity contribution in [3.63, 3.8) is 0 Å². The molecule has 0 fully saturated rings. The summed E-state index contributed by atoms with van der Waals surface area (Å²) in [6.45, 7) is 1.97. The van der Waals surface area contributed by atoms with Gasteiger partial charge in [0.1, 0.15) is 5.69 Å². The lowest BCUT2D eigenvalue weighted by Gasteiger charge is -2.20. The van der Waals surface area contributed by atoms with Crippen LogP contribution in [-0.4, -0.2) is 28.5 Å². The van der Waals surface area contributed by atoms with Gasteiger partial charge < -0.3 is 15.2 Å². The summed E-state index contributed by atoms with van der Waals surface area (Å²) in [5.41, 5.74) is 2.60. The lowest BCUT2D eigenvalue weighted by atomic mass is 10.2. The molecule has 20 heavy (non-hydrogen) atoms. The van der Waals surface area contributed by atoms with Crippen molar-refractivity contribution in [2.75, 3.05) is 18.9 Å². The Bertz CT molecular complexity index is 681. The van der Waals surface area contributed by atoms with Crippen molar-refractivity contribution >= 4 is 38.1 Å². The smallest absolute Gasteiger partial charge is 0.271 e. The summed E-state index contributed by atoms with van der Waals surface area (Å²) < 4.78 is 0. The molecule has 0 bridgehead atoms. The number of H-pyrrole nitrogens is 1. The zero-order valence-electron chi connectivity index (χ0n) is 11.1. The van der Waals surface area contributed by atoms with Crippen LogP contribution in [0.3, 0.4) is 0 Å². The third kappa shape index (κ3) is 2.79. The summed E-state index contributed by atoms with van der Waals surface area (Å²) in [5.74, 6) is 0. The van der Waals surface area contributed by atoms with Crippen LogP contribution in [0.1, 0.15) is 16.1 Å². The zero-order chi connectivity index (χ0) is 14.1. The molecular weight excluding hydrogens is 340 g/mol. The van der Waals surface area contributed by atoms with Gasteiger partial charge in [0.25, 0.3) is 5.56 Å². The number of fused-ring (bicyclic) bond motifs is 1. The van der Waals surface area contributed by atoms with E-state index in [4.69, 9.17) is 0 Å². The molecule has 0 atom stereocenters. The number of thiazole rings is 1. The Hall–Kier alpha value is -1.18. The predicted octanol–water partition coefficient (Wildman–Crippen LogP) is 2.46. The second kappa shape index (κ2) is 5.67. The third-order valence-corrected chi connectivity index (χ3v) is 4.93. The molecule has 3 heterocycles. The summed E-state index contributed by atoms with van der Waals surface area (Å²) >= 11 is 5.01. The summed E-state index contributed by atoms with van der Waals surface area (Å²) in [4.78, 5) is 22.7.